The first-order valence-corrected chi connectivity index (χ1v) is 8.33. The molecule has 2 rings (SSSR count). The molecule has 0 radical (unpaired) electrons. The van der Waals surface area contributed by atoms with Crippen molar-refractivity contribution in [3.63, 3.8) is 0 Å². The Morgan fingerprint density at radius 2 is 2.09 bits per heavy atom. The molecule has 118 valence electrons. The molecule has 0 aliphatic carbocycles. The van der Waals surface area contributed by atoms with E-state index < -0.39 is 11.7 Å². The smallest absolute Gasteiger partial charge is 0.287 e. The minimum Gasteiger partial charge on any atom is -0.345 e. The molecule has 1 unspecified atom stereocenters. The molecule has 0 aromatic heterocycles. The molecule has 1 saturated heterocycles. The van der Waals surface area contributed by atoms with Gasteiger partial charge in [-0.05, 0) is 18.9 Å². The van der Waals surface area contributed by atoms with Crippen LogP contribution in [0.1, 0.15) is 24.0 Å². The van der Waals surface area contributed by atoms with Crippen LogP contribution in [0.2, 0.25) is 0 Å². The van der Waals surface area contributed by atoms with Crippen molar-refractivity contribution in [1.82, 2.24) is 10.6 Å². The van der Waals surface area contributed by atoms with Crippen molar-refractivity contribution in [2.24, 2.45) is 0 Å². The number of carbonyl (C=O) groups excluding carboxylic acids is 3. The largest absolute Gasteiger partial charge is 0.345 e. The summed E-state index contributed by atoms with van der Waals surface area (Å²) in [6.45, 7) is 2.35. The summed E-state index contributed by atoms with van der Waals surface area (Å²) in [5.41, 5.74) is 2.12. The zero-order chi connectivity index (χ0) is 15.9. The number of hydrogen-bond donors (Lipinski definition) is 2. The van der Waals surface area contributed by atoms with Gasteiger partial charge in [0, 0.05) is 18.7 Å². The third kappa shape index (κ3) is 4.96. The van der Waals surface area contributed by atoms with Crippen molar-refractivity contribution in [2.45, 2.75) is 37.7 Å². The number of nitrogens with one attached hydrogen (secondary N) is 2. The van der Waals surface area contributed by atoms with Crippen LogP contribution in [0, 0.1) is 6.92 Å². The SMILES string of the molecule is Cc1ccc(CNC(=O)C(=O)CCC2N[C@H](C=O)CS2)cc1. The van der Waals surface area contributed by atoms with E-state index in [0.29, 0.717) is 13.0 Å². The molecule has 1 aromatic rings. The topological polar surface area (TPSA) is 75.3 Å². The van der Waals surface area contributed by atoms with Gasteiger partial charge in [0.15, 0.2) is 0 Å². The number of carbonyl (C=O) groups is 3. The third-order valence-corrected chi connectivity index (χ3v) is 4.83. The van der Waals surface area contributed by atoms with Gasteiger partial charge in [0.1, 0.15) is 6.29 Å². The molecule has 1 amide bonds. The lowest BCUT2D eigenvalue weighted by Crippen LogP contribution is -2.33. The molecular weight excluding hydrogens is 300 g/mol. The highest BCUT2D eigenvalue weighted by molar-refractivity contribution is 8.00. The zero-order valence-corrected chi connectivity index (χ0v) is 13.3. The Morgan fingerprint density at radius 3 is 2.73 bits per heavy atom. The Bertz CT molecular complexity index is 545. The Labute approximate surface area is 134 Å². The fourth-order valence-electron chi connectivity index (χ4n) is 2.16. The summed E-state index contributed by atoms with van der Waals surface area (Å²) in [5.74, 6) is -0.235. The lowest BCUT2D eigenvalue weighted by molar-refractivity contribution is -0.138. The number of hydrogen-bond acceptors (Lipinski definition) is 5. The molecule has 0 saturated carbocycles. The molecule has 6 heteroatoms. The number of aryl methyl sites for hydroxylation is 1. The summed E-state index contributed by atoms with van der Waals surface area (Å²) < 4.78 is 0. The second-order valence-corrected chi connectivity index (χ2v) is 6.60. The summed E-state index contributed by atoms with van der Waals surface area (Å²) in [5, 5.41) is 5.82. The highest BCUT2D eigenvalue weighted by Crippen LogP contribution is 2.21. The number of aldehydes is 1. The van der Waals surface area contributed by atoms with Crippen LogP contribution in [0.4, 0.5) is 0 Å². The van der Waals surface area contributed by atoms with Gasteiger partial charge >= 0.3 is 0 Å². The molecule has 1 fully saturated rings. The van der Waals surface area contributed by atoms with Crippen molar-refractivity contribution in [2.75, 3.05) is 5.75 Å². The van der Waals surface area contributed by atoms with Gasteiger partial charge in [0.25, 0.3) is 5.91 Å². The van der Waals surface area contributed by atoms with E-state index in [1.165, 1.54) is 0 Å². The number of amides is 1. The predicted molar refractivity (Wildman–Crippen MR) is 86.5 cm³/mol. The van der Waals surface area contributed by atoms with E-state index >= 15 is 0 Å². The fourth-order valence-corrected chi connectivity index (χ4v) is 3.33. The number of benzene rings is 1. The van der Waals surface area contributed by atoms with Crippen molar-refractivity contribution in [1.29, 1.82) is 0 Å². The normalized spacial score (nSPS) is 20.6. The Balaban J connectivity index is 1.69. The van der Waals surface area contributed by atoms with Gasteiger partial charge in [0.05, 0.1) is 11.4 Å². The van der Waals surface area contributed by atoms with E-state index in [1.807, 2.05) is 31.2 Å². The quantitative estimate of drug-likeness (QED) is 0.583. The van der Waals surface area contributed by atoms with Gasteiger partial charge in [-0.15, -0.1) is 11.8 Å². The maximum Gasteiger partial charge on any atom is 0.287 e. The average Bonchev–Trinajstić information content (AvgIpc) is 2.99. The molecule has 1 heterocycles. The van der Waals surface area contributed by atoms with Crippen LogP contribution in [-0.2, 0) is 20.9 Å². The fraction of sp³-hybridized carbons (Fsp3) is 0.438. The van der Waals surface area contributed by atoms with Crippen LogP contribution in [0.5, 0.6) is 0 Å². The first-order valence-electron chi connectivity index (χ1n) is 7.28. The van der Waals surface area contributed by atoms with Gasteiger partial charge in [-0.1, -0.05) is 29.8 Å². The molecule has 1 aliphatic heterocycles. The van der Waals surface area contributed by atoms with E-state index in [1.54, 1.807) is 11.8 Å². The zero-order valence-electron chi connectivity index (χ0n) is 12.5. The van der Waals surface area contributed by atoms with Crippen molar-refractivity contribution < 1.29 is 14.4 Å². The van der Waals surface area contributed by atoms with E-state index in [4.69, 9.17) is 0 Å². The molecule has 0 bridgehead atoms. The molecule has 5 nitrogen and oxygen atoms in total. The molecule has 1 aromatic carbocycles. The summed E-state index contributed by atoms with van der Waals surface area (Å²) in [7, 11) is 0. The van der Waals surface area contributed by atoms with E-state index in [9.17, 15) is 14.4 Å². The summed E-state index contributed by atoms with van der Waals surface area (Å²) in [4.78, 5) is 34.2. The summed E-state index contributed by atoms with van der Waals surface area (Å²) in [6.07, 6.45) is 1.63. The number of Topliss-reactive ketones (excluding diaryl/α,β-unsaturated/α-hetero) is 1. The first-order chi connectivity index (χ1) is 10.6. The highest BCUT2D eigenvalue weighted by Gasteiger charge is 2.25. The summed E-state index contributed by atoms with van der Waals surface area (Å²) in [6, 6.07) is 7.66. The number of ketones is 1. The number of thioether (sulfide) groups is 1. The maximum absolute atomic E-state index is 11.8. The Hall–Kier alpha value is -1.66. The van der Waals surface area contributed by atoms with Crippen LogP contribution in [-0.4, -0.2) is 35.1 Å². The maximum atomic E-state index is 11.8. The molecule has 2 atom stereocenters. The minimum absolute atomic E-state index is 0.0732. The molecule has 1 aliphatic rings. The van der Waals surface area contributed by atoms with Crippen LogP contribution in [0.15, 0.2) is 24.3 Å². The second kappa shape index (κ2) is 8.10. The van der Waals surface area contributed by atoms with Crippen LogP contribution >= 0.6 is 11.8 Å². The number of rotatable bonds is 7. The van der Waals surface area contributed by atoms with E-state index in [2.05, 4.69) is 10.6 Å². The van der Waals surface area contributed by atoms with Crippen molar-refractivity contribution >= 4 is 29.7 Å². The monoisotopic (exact) mass is 320 g/mol. The van der Waals surface area contributed by atoms with Crippen molar-refractivity contribution in [3.05, 3.63) is 35.4 Å². The Morgan fingerprint density at radius 1 is 1.36 bits per heavy atom. The van der Waals surface area contributed by atoms with Crippen LogP contribution in [0.3, 0.4) is 0 Å². The standard InChI is InChI=1S/C16H20N2O3S/c1-11-2-4-12(5-3-11)8-17-16(21)14(20)6-7-15-18-13(9-19)10-22-15/h2-5,9,13,15,18H,6-8,10H2,1H3,(H,17,21)/t13-,15?/m1/s1. The van der Waals surface area contributed by atoms with E-state index in [-0.39, 0.29) is 17.8 Å². The summed E-state index contributed by atoms with van der Waals surface area (Å²) >= 11 is 1.61. The van der Waals surface area contributed by atoms with Gasteiger partial charge in [0.2, 0.25) is 5.78 Å². The van der Waals surface area contributed by atoms with Crippen LogP contribution in [0.25, 0.3) is 0 Å². The first kappa shape index (κ1) is 16.7. The van der Waals surface area contributed by atoms with Crippen LogP contribution < -0.4 is 10.6 Å². The molecule has 2 N–H and O–H groups in total. The predicted octanol–water partition coefficient (Wildman–Crippen LogP) is 1.19. The van der Waals surface area contributed by atoms with E-state index in [0.717, 1.165) is 23.2 Å². The second-order valence-electron chi connectivity index (χ2n) is 5.36. The molecular formula is C16H20N2O3S. The lowest BCUT2D eigenvalue weighted by atomic mass is 10.1. The van der Waals surface area contributed by atoms with Gasteiger partial charge < -0.3 is 10.1 Å². The molecule has 0 spiro atoms. The minimum atomic E-state index is -0.546. The van der Waals surface area contributed by atoms with Crippen molar-refractivity contribution in [3.8, 4) is 0 Å². The average molecular weight is 320 g/mol. The molecule has 22 heavy (non-hydrogen) atoms. The van der Waals surface area contributed by atoms with Gasteiger partial charge in [-0.2, -0.15) is 0 Å². The Kier molecular flexibility index (Phi) is 6.15. The van der Waals surface area contributed by atoms with Gasteiger partial charge in [-0.3, -0.25) is 14.9 Å². The lowest BCUT2D eigenvalue weighted by Gasteiger charge is -2.09. The third-order valence-electron chi connectivity index (χ3n) is 3.50. The van der Waals surface area contributed by atoms with Gasteiger partial charge in [-0.25, -0.2) is 0 Å². The highest BCUT2D eigenvalue weighted by atomic mass is 32.2.